The molecule has 58 valence electrons. The van der Waals surface area contributed by atoms with Gasteiger partial charge in [-0.3, -0.25) is 0 Å². The Bertz CT molecular complexity index is 97.4. The number of nitrogens with zero attached hydrogens (tertiary/aromatic N) is 1. The fourth-order valence-electron chi connectivity index (χ4n) is 1.74. The number of rotatable bonds is 4. The van der Waals surface area contributed by atoms with Crippen LogP contribution in [0.4, 0.5) is 0 Å². The molecule has 1 rings (SSSR count). The van der Waals surface area contributed by atoms with Gasteiger partial charge in [-0.05, 0) is 18.8 Å². The topological polar surface area (TPSA) is 29.4 Å². The van der Waals surface area contributed by atoms with E-state index in [-0.39, 0.29) is 0 Å². The van der Waals surface area contributed by atoms with E-state index >= 15 is 0 Å². The SMILES string of the molecule is O=NCCCC1CCCC1. The molecular weight excluding hydrogens is 126 g/mol. The van der Waals surface area contributed by atoms with Crippen molar-refractivity contribution in [3.63, 3.8) is 0 Å². The molecule has 0 N–H and O–H groups in total. The summed E-state index contributed by atoms with van der Waals surface area (Å²) in [5.41, 5.74) is 0. The van der Waals surface area contributed by atoms with Gasteiger partial charge in [0.2, 0.25) is 0 Å². The highest BCUT2D eigenvalue weighted by atomic mass is 16.3. The standard InChI is InChI=1S/C8H15NO/c10-9-7-3-6-8-4-1-2-5-8/h8H,1-7H2. The average Bonchev–Trinajstić information content (AvgIpc) is 2.41. The highest BCUT2D eigenvalue weighted by Crippen LogP contribution is 2.28. The molecule has 1 aliphatic carbocycles. The maximum atomic E-state index is 9.73. The van der Waals surface area contributed by atoms with E-state index < -0.39 is 0 Å². The van der Waals surface area contributed by atoms with Crippen LogP contribution in [0.5, 0.6) is 0 Å². The molecule has 2 heteroatoms. The minimum atomic E-state index is 0.524. The second kappa shape index (κ2) is 4.42. The predicted octanol–water partition coefficient (Wildman–Crippen LogP) is 2.72. The molecule has 1 fully saturated rings. The van der Waals surface area contributed by atoms with Crippen LogP contribution in [0.25, 0.3) is 0 Å². The minimum Gasteiger partial charge on any atom is -0.151 e. The Kier molecular flexibility index (Phi) is 3.41. The van der Waals surface area contributed by atoms with Crippen LogP contribution in [0.3, 0.4) is 0 Å². The molecule has 0 atom stereocenters. The largest absolute Gasteiger partial charge is 0.151 e. The highest BCUT2D eigenvalue weighted by Gasteiger charge is 2.13. The molecule has 0 aliphatic heterocycles. The van der Waals surface area contributed by atoms with Crippen LogP contribution in [0.15, 0.2) is 5.18 Å². The number of hydrogen-bond donors (Lipinski definition) is 0. The highest BCUT2D eigenvalue weighted by molar-refractivity contribution is 4.67. The third kappa shape index (κ3) is 2.46. The lowest BCUT2D eigenvalue weighted by atomic mass is 10.0. The maximum absolute atomic E-state index is 9.73. The van der Waals surface area contributed by atoms with Crippen LogP contribution < -0.4 is 0 Å². The van der Waals surface area contributed by atoms with E-state index in [0.717, 1.165) is 12.3 Å². The second-order valence-electron chi connectivity index (χ2n) is 3.15. The molecule has 0 aromatic rings. The zero-order chi connectivity index (χ0) is 7.23. The van der Waals surface area contributed by atoms with Crippen LogP contribution >= 0.6 is 0 Å². The lowest BCUT2D eigenvalue weighted by Gasteiger charge is -2.04. The van der Waals surface area contributed by atoms with Crippen LogP contribution in [0, 0.1) is 10.8 Å². The normalized spacial score (nSPS) is 19.6. The molecule has 0 aromatic carbocycles. The molecule has 0 aromatic heterocycles. The Morgan fingerprint density at radius 1 is 1.30 bits per heavy atom. The lowest BCUT2D eigenvalue weighted by molar-refractivity contribution is 0.488. The molecule has 2 nitrogen and oxygen atoms in total. The summed E-state index contributed by atoms with van der Waals surface area (Å²) in [6.45, 7) is 0.524. The second-order valence-corrected chi connectivity index (χ2v) is 3.15. The summed E-state index contributed by atoms with van der Waals surface area (Å²) >= 11 is 0. The van der Waals surface area contributed by atoms with Crippen molar-refractivity contribution >= 4 is 0 Å². The molecular formula is C8H15NO. The van der Waals surface area contributed by atoms with Crippen LogP contribution in [0.1, 0.15) is 38.5 Å². The molecule has 10 heavy (non-hydrogen) atoms. The molecule has 1 aliphatic rings. The lowest BCUT2D eigenvalue weighted by Crippen LogP contribution is -1.93. The van der Waals surface area contributed by atoms with E-state index in [2.05, 4.69) is 5.18 Å². The maximum Gasteiger partial charge on any atom is 0.0811 e. The first kappa shape index (κ1) is 7.70. The van der Waals surface area contributed by atoms with Gasteiger partial charge >= 0.3 is 0 Å². The van der Waals surface area contributed by atoms with Crippen molar-refractivity contribution in [2.24, 2.45) is 11.1 Å². The van der Waals surface area contributed by atoms with Crippen molar-refractivity contribution < 1.29 is 0 Å². The number of hydrogen-bond acceptors (Lipinski definition) is 2. The fourth-order valence-corrected chi connectivity index (χ4v) is 1.74. The Morgan fingerprint density at radius 3 is 2.60 bits per heavy atom. The molecule has 0 unspecified atom stereocenters. The van der Waals surface area contributed by atoms with E-state index in [9.17, 15) is 4.91 Å². The van der Waals surface area contributed by atoms with Crippen LogP contribution in [-0.4, -0.2) is 6.54 Å². The van der Waals surface area contributed by atoms with E-state index in [0.29, 0.717) is 6.54 Å². The number of nitroso groups, excluding NO2 is 1. The van der Waals surface area contributed by atoms with Gasteiger partial charge in [0.1, 0.15) is 0 Å². The van der Waals surface area contributed by atoms with Crippen molar-refractivity contribution in [1.82, 2.24) is 0 Å². The van der Waals surface area contributed by atoms with Crippen molar-refractivity contribution in [3.05, 3.63) is 4.91 Å². The Labute approximate surface area is 62.0 Å². The van der Waals surface area contributed by atoms with E-state index in [1.54, 1.807) is 0 Å². The van der Waals surface area contributed by atoms with Gasteiger partial charge in [0.05, 0.1) is 6.54 Å². The first-order valence-corrected chi connectivity index (χ1v) is 4.22. The smallest absolute Gasteiger partial charge is 0.0811 e. The van der Waals surface area contributed by atoms with Gasteiger partial charge in [0.15, 0.2) is 0 Å². The fraction of sp³-hybridized carbons (Fsp3) is 1.00. The zero-order valence-corrected chi connectivity index (χ0v) is 6.38. The Balaban J connectivity index is 1.96. The van der Waals surface area contributed by atoms with Gasteiger partial charge in [-0.2, -0.15) is 4.91 Å². The predicted molar refractivity (Wildman–Crippen MR) is 41.9 cm³/mol. The molecule has 0 heterocycles. The monoisotopic (exact) mass is 141 g/mol. The molecule has 0 saturated heterocycles. The van der Waals surface area contributed by atoms with E-state index in [1.807, 2.05) is 0 Å². The third-order valence-corrected chi connectivity index (χ3v) is 2.34. The summed E-state index contributed by atoms with van der Waals surface area (Å²) < 4.78 is 0. The summed E-state index contributed by atoms with van der Waals surface area (Å²) in [5, 5.41) is 2.85. The van der Waals surface area contributed by atoms with Crippen molar-refractivity contribution in [2.75, 3.05) is 6.54 Å². The summed E-state index contributed by atoms with van der Waals surface area (Å²) in [6.07, 6.45) is 7.82. The molecule has 0 radical (unpaired) electrons. The summed E-state index contributed by atoms with van der Waals surface area (Å²) in [4.78, 5) is 9.73. The van der Waals surface area contributed by atoms with Gasteiger partial charge in [0, 0.05) is 0 Å². The first-order chi connectivity index (χ1) is 4.93. The first-order valence-electron chi connectivity index (χ1n) is 4.22. The summed E-state index contributed by atoms with van der Waals surface area (Å²) in [7, 11) is 0. The van der Waals surface area contributed by atoms with Crippen molar-refractivity contribution in [2.45, 2.75) is 38.5 Å². The summed E-state index contributed by atoms with van der Waals surface area (Å²) in [6, 6.07) is 0. The Hall–Kier alpha value is -0.400. The van der Waals surface area contributed by atoms with Gasteiger partial charge in [-0.15, -0.1) is 0 Å². The van der Waals surface area contributed by atoms with Gasteiger partial charge in [-0.1, -0.05) is 30.9 Å². The Morgan fingerprint density at radius 2 is 2.00 bits per heavy atom. The van der Waals surface area contributed by atoms with Gasteiger partial charge < -0.3 is 0 Å². The average molecular weight is 141 g/mol. The molecule has 0 amide bonds. The molecule has 0 spiro atoms. The quantitative estimate of drug-likeness (QED) is 0.437. The van der Waals surface area contributed by atoms with Crippen LogP contribution in [0.2, 0.25) is 0 Å². The van der Waals surface area contributed by atoms with Gasteiger partial charge in [-0.25, -0.2) is 0 Å². The molecule has 0 bridgehead atoms. The van der Waals surface area contributed by atoms with Gasteiger partial charge in [0.25, 0.3) is 0 Å². The minimum absolute atomic E-state index is 0.524. The van der Waals surface area contributed by atoms with Crippen molar-refractivity contribution in [1.29, 1.82) is 0 Å². The van der Waals surface area contributed by atoms with Crippen LogP contribution in [-0.2, 0) is 0 Å². The van der Waals surface area contributed by atoms with Crippen molar-refractivity contribution in [3.8, 4) is 0 Å². The zero-order valence-electron chi connectivity index (χ0n) is 6.38. The van der Waals surface area contributed by atoms with E-state index in [1.165, 1.54) is 32.1 Å². The molecule has 1 saturated carbocycles. The summed E-state index contributed by atoms with van der Waals surface area (Å²) in [5.74, 6) is 0.918. The third-order valence-electron chi connectivity index (χ3n) is 2.34. The van der Waals surface area contributed by atoms with E-state index in [4.69, 9.17) is 0 Å².